The first-order chi connectivity index (χ1) is 8.99. The lowest BCUT2D eigenvalue weighted by atomic mass is 9.84. The van der Waals surface area contributed by atoms with Gasteiger partial charge in [-0.2, -0.15) is 0 Å². The van der Waals surface area contributed by atoms with Gasteiger partial charge in [-0.05, 0) is 30.6 Å². The van der Waals surface area contributed by atoms with Crippen molar-refractivity contribution in [2.75, 3.05) is 5.75 Å². The van der Waals surface area contributed by atoms with Gasteiger partial charge < -0.3 is 5.32 Å². The summed E-state index contributed by atoms with van der Waals surface area (Å²) in [7, 11) is 0. The lowest BCUT2D eigenvalue weighted by molar-refractivity contribution is 0.296. The van der Waals surface area contributed by atoms with E-state index in [-0.39, 0.29) is 0 Å². The average Bonchev–Trinajstić information content (AvgIpc) is 2.38. The Morgan fingerprint density at radius 3 is 2.74 bits per heavy atom. The van der Waals surface area contributed by atoms with Crippen LogP contribution in [0.2, 0.25) is 0 Å². The summed E-state index contributed by atoms with van der Waals surface area (Å²) >= 11 is 1.92. The summed E-state index contributed by atoms with van der Waals surface area (Å²) < 4.78 is 0. The Hall–Kier alpha value is -0.180. The summed E-state index contributed by atoms with van der Waals surface area (Å²) in [5.74, 6) is 2.15. The van der Waals surface area contributed by atoms with E-state index in [1.54, 1.807) is 0 Å². The van der Waals surface area contributed by atoms with Crippen LogP contribution < -0.4 is 5.32 Å². The molecule has 3 unspecified atom stereocenters. The van der Waals surface area contributed by atoms with E-state index in [9.17, 15) is 0 Å². The molecule has 2 nitrogen and oxygen atoms in total. The molecule has 0 spiro atoms. The second-order valence-electron chi connectivity index (χ2n) is 7.24. The van der Waals surface area contributed by atoms with Crippen molar-refractivity contribution in [1.82, 2.24) is 5.32 Å². The third-order valence-electron chi connectivity index (χ3n) is 4.59. The Labute approximate surface area is 123 Å². The van der Waals surface area contributed by atoms with E-state index in [1.165, 1.54) is 49.4 Å². The number of hydrogen-bond acceptors (Lipinski definition) is 3. The quantitative estimate of drug-likeness (QED) is 0.809. The number of hydrogen-bond donors (Lipinski definition) is 1. The molecule has 1 aliphatic heterocycles. The first kappa shape index (κ1) is 15.2. The van der Waals surface area contributed by atoms with Gasteiger partial charge in [-0.15, -0.1) is 0 Å². The molecule has 0 saturated heterocycles. The summed E-state index contributed by atoms with van der Waals surface area (Å²) in [6, 6.07) is 1.16. The van der Waals surface area contributed by atoms with Crippen LogP contribution in [0.4, 0.5) is 0 Å². The monoisotopic (exact) mass is 282 g/mol. The molecule has 0 aromatic carbocycles. The van der Waals surface area contributed by atoms with Gasteiger partial charge in [0.15, 0.2) is 5.17 Å². The van der Waals surface area contributed by atoms with Crippen molar-refractivity contribution in [3.8, 4) is 0 Å². The minimum atomic E-state index is 0.298. The van der Waals surface area contributed by atoms with E-state index in [1.807, 2.05) is 11.8 Å². The number of aliphatic imine (C=N–C) groups is 1. The van der Waals surface area contributed by atoms with Crippen LogP contribution in [0.15, 0.2) is 4.99 Å². The van der Waals surface area contributed by atoms with Gasteiger partial charge in [0.2, 0.25) is 0 Å². The van der Waals surface area contributed by atoms with E-state index < -0.39 is 0 Å². The number of amidine groups is 1. The Bertz CT molecular complexity index is 319. The first-order valence-electron chi connectivity index (χ1n) is 7.96. The summed E-state index contributed by atoms with van der Waals surface area (Å²) in [5, 5.41) is 4.95. The molecule has 110 valence electrons. The second kappa shape index (κ2) is 6.51. The Morgan fingerprint density at radius 1 is 1.26 bits per heavy atom. The molecule has 2 rings (SSSR count). The van der Waals surface area contributed by atoms with Crippen molar-refractivity contribution in [2.24, 2.45) is 16.3 Å². The molecule has 3 heteroatoms. The maximum atomic E-state index is 4.97. The molecular formula is C16H30N2S. The van der Waals surface area contributed by atoms with Crippen molar-refractivity contribution in [3.05, 3.63) is 0 Å². The Balaban J connectivity index is 1.92. The topological polar surface area (TPSA) is 24.4 Å². The highest BCUT2D eigenvalue weighted by molar-refractivity contribution is 8.13. The van der Waals surface area contributed by atoms with Crippen LogP contribution in [-0.2, 0) is 0 Å². The lowest BCUT2D eigenvalue weighted by Gasteiger charge is -2.34. The fraction of sp³-hybridized carbons (Fsp3) is 0.938. The van der Waals surface area contributed by atoms with Gasteiger partial charge in [0, 0.05) is 11.8 Å². The van der Waals surface area contributed by atoms with Crippen LogP contribution in [0.25, 0.3) is 0 Å². The summed E-state index contributed by atoms with van der Waals surface area (Å²) in [4.78, 5) is 4.97. The first-order valence-corrected chi connectivity index (χ1v) is 8.94. The molecule has 2 aliphatic rings. The molecule has 0 radical (unpaired) electrons. The molecule has 1 N–H and O–H groups in total. The molecule has 1 heterocycles. The molecule has 0 aromatic rings. The van der Waals surface area contributed by atoms with Crippen LogP contribution in [0.3, 0.4) is 0 Å². The Kier molecular flexibility index (Phi) is 5.22. The minimum Gasteiger partial charge on any atom is -0.362 e. The predicted molar refractivity (Wildman–Crippen MR) is 86.9 cm³/mol. The van der Waals surface area contributed by atoms with Crippen molar-refractivity contribution in [1.29, 1.82) is 0 Å². The van der Waals surface area contributed by atoms with Gasteiger partial charge in [0.1, 0.15) is 0 Å². The highest BCUT2D eigenvalue weighted by Gasteiger charge is 2.28. The number of nitrogens with zero attached hydrogens (tertiary/aromatic N) is 1. The molecule has 0 amide bonds. The zero-order valence-electron chi connectivity index (χ0n) is 13.0. The van der Waals surface area contributed by atoms with Crippen LogP contribution in [0, 0.1) is 11.3 Å². The van der Waals surface area contributed by atoms with Crippen LogP contribution in [0.1, 0.15) is 66.2 Å². The van der Waals surface area contributed by atoms with E-state index in [0.717, 1.165) is 5.92 Å². The van der Waals surface area contributed by atoms with Gasteiger partial charge in [0.25, 0.3) is 0 Å². The highest BCUT2D eigenvalue weighted by atomic mass is 32.2. The third kappa shape index (κ3) is 4.40. The zero-order valence-corrected chi connectivity index (χ0v) is 13.9. The molecule has 3 atom stereocenters. The summed E-state index contributed by atoms with van der Waals surface area (Å²) in [5.41, 5.74) is 0.298. The van der Waals surface area contributed by atoms with Crippen molar-refractivity contribution >= 4 is 16.9 Å². The van der Waals surface area contributed by atoms with Gasteiger partial charge >= 0.3 is 0 Å². The van der Waals surface area contributed by atoms with Gasteiger partial charge in [0.05, 0.1) is 6.04 Å². The zero-order chi connectivity index (χ0) is 13.9. The van der Waals surface area contributed by atoms with Gasteiger partial charge in [-0.25, -0.2) is 0 Å². The summed E-state index contributed by atoms with van der Waals surface area (Å²) in [6.45, 7) is 9.25. The molecule has 0 aromatic heterocycles. The number of nitrogens with one attached hydrogen (secondary N) is 1. The SMILES string of the molecule is CCC1CCCC(NC2=NC(C(C)(C)C)CCS2)C1. The van der Waals surface area contributed by atoms with Crippen LogP contribution in [0.5, 0.6) is 0 Å². The maximum Gasteiger partial charge on any atom is 0.157 e. The standard InChI is InChI=1S/C16H30N2S/c1-5-12-7-6-8-13(11-12)17-15-18-14(9-10-19-15)16(2,3)4/h12-14H,5-11H2,1-4H3,(H,17,18). The molecular weight excluding hydrogens is 252 g/mol. The summed E-state index contributed by atoms with van der Waals surface area (Å²) in [6.07, 6.45) is 8.05. The molecule has 19 heavy (non-hydrogen) atoms. The van der Waals surface area contributed by atoms with E-state index in [2.05, 4.69) is 33.0 Å². The van der Waals surface area contributed by atoms with E-state index >= 15 is 0 Å². The third-order valence-corrected chi connectivity index (χ3v) is 5.53. The fourth-order valence-electron chi connectivity index (χ4n) is 3.18. The van der Waals surface area contributed by atoms with Crippen molar-refractivity contribution in [2.45, 2.75) is 78.3 Å². The van der Waals surface area contributed by atoms with Crippen LogP contribution >= 0.6 is 11.8 Å². The number of rotatable bonds is 2. The minimum absolute atomic E-state index is 0.298. The second-order valence-corrected chi connectivity index (χ2v) is 8.32. The smallest absolute Gasteiger partial charge is 0.157 e. The largest absolute Gasteiger partial charge is 0.362 e. The van der Waals surface area contributed by atoms with E-state index in [4.69, 9.17) is 4.99 Å². The van der Waals surface area contributed by atoms with Crippen molar-refractivity contribution < 1.29 is 0 Å². The molecule has 0 bridgehead atoms. The van der Waals surface area contributed by atoms with Gasteiger partial charge in [-0.1, -0.05) is 58.7 Å². The lowest BCUT2D eigenvalue weighted by Crippen LogP contribution is -2.40. The Morgan fingerprint density at radius 2 is 2.05 bits per heavy atom. The molecule has 1 saturated carbocycles. The molecule has 1 aliphatic carbocycles. The predicted octanol–water partition coefficient (Wildman–Crippen LogP) is 4.45. The fourth-order valence-corrected chi connectivity index (χ4v) is 4.17. The molecule has 1 fully saturated rings. The van der Waals surface area contributed by atoms with Crippen LogP contribution in [-0.4, -0.2) is 23.0 Å². The highest BCUT2D eigenvalue weighted by Crippen LogP contribution is 2.31. The van der Waals surface area contributed by atoms with Gasteiger partial charge in [-0.3, -0.25) is 4.99 Å². The normalized spacial score (nSPS) is 32.8. The van der Waals surface area contributed by atoms with Crippen molar-refractivity contribution in [3.63, 3.8) is 0 Å². The average molecular weight is 282 g/mol. The number of thioether (sulfide) groups is 1. The van der Waals surface area contributed by atoms with E-state index in [0.29, 0.717) is 17.5 Å². The maximum absolute atomic E-state index is 4.97.